The van der Waals surface area contributed by atoms with E-state index in [-0.39, 0.29) is 5.88 Å². The number of hydrogen-bond donors (Lipinski definition) is 0. The molecule has 96 valence electrons. The molecular formula is C10H10Cl3O3S-. The fraction of sp³-hybridized carbons (Fsp3) is 0.400. The Morgan fingerprint density at radius 1 is 1.29 bits per heavy atom. The van der Waals surface area contributed by atoms with Gasteiger partial charge in [0.25, 0.3) is 0 Å². The lowest BCUT2D eigenvalue weighted by Gasteiger charge is -2.19. The number of halogens is 3. The van der Waals surface area contributed by atoms with Crippen molar-refractivity contribution in [3.05, 3.63) is 33.8 Å². The van der Waals surface area contributed by atoms with E-state index in [0.29, 0.717) is 22.0 Å². The van der Waals surface area contributed by atoms with E-state index in [1.165, 1.54) is 6.07 Å². The van der Waals surface area contributed by atoms with Gasteiger partial charge in [-0.1, -0.05) is 29.3 Å². The van der Waals surface area contributed by atoms with E-state index in [2.05, 4.69) is 0 Å². The molecule has 0 N–H and O–H groups in total. The van der Waals surface area contributed by atoms with E-state index in [0.717, 1.165) is 0 Å². The summed E-state index contributed by atoms with van der Waals surface area (Å²) in [5.74, 6) is -0.764. The average molecular weight is 317 g/mol. The molecule has 0 aliphatic heterocycles. The predicted molar refractivity (Wildman–Crippen MR) is 69.1 cm³/mol. The first-order valence-electron chi connectivity index (χ1n) is 4.78. The second-order valence-corrected chi connectivity index (χ2v) is 6.24. The van der Waals surface area contributed by atoms with Crippen molar-refractivity contribution in [1.82, 2.24) is 0 Å². The Bertz CT molecular complexity index is 488. The van der Waals surface area contributed by atoms with Crippen molar-refractivity contribution in [2.45, 2.75) is 12.3 Å². The Balaban J connectivity index is 3.05. The van der Waals surface area contributed by atoms with E-state index < -0.39 is 21.8 Å². The van der Waals surface area contributed by atoms with Crippen LogP contribution in [0.25, 0.3) is 0 Å². The second-order valence-electron chi connectivity index (χ2n) is 3.56. The van der Waals surface area contributed by atoms with Crippen molar-refractivity contribution in [2.75, 3.05) is 11.6 Å². The van der Waals surface area contributed by atoms with Gasteiger partial charge in [0.15, 0.2) is 0 Å². The standard InChI is InChI=1S/C10H11Cl3O3S/c11-4-3-7(6-17(14,15)16)9-2-1-8(12)5-10(9)13/h1-2,5,7H,3-4,6H2,(H,14,15,16)/p-1. The summed E-state index contributed by atoms with van der Waals surface area (Å²) in [6, 6.07) is 4.73. The molecule has 0 heterocycles. The summed E-state index contributed by atoms with van der Waals surface area (Å²) in [7, 11) is -4.32. The molecule has 7 heteroatoms. The van der Waals surface area contributed by atoms with Gasteiger partial charge in [0, 0.05) is 21.7 Å². The summed E-state index contributed by atoms with van der Waals surface area (Å²) in [5, 5.41) is 0.796. The van der Waals surface area contributed by atoms with Crippen LogP contribution in [0.5, 0.6) is 0 Å². The summed E-state index contributed by atoms with van der Waals surface area (Å²) in [5.41, 5.74) is 0.580. The largest absolute Gasteiger partial charge is 0.748 e. The predicted octanol–water partition coefficient (Wildman–Crippen LogP) is 3.25. The minimum Gasteiger partial charge on any atom is -0.748 e. The Morgan fingerprint density at radius 3 is 2.41 bits per heavy atom. The van der Waals surface area contributed by atoms with Crippen molar-refractivity contribution in [3.8, 4) is 0 Å². The number of hydrogen-bond acceptors (Lipinski definition) is 3. The van der Waals surface area contributed by atoms with Gasteiger partial charge in [-0.3, -0.25) is 0 Å². The van der Waals surface area contributed by atoms with E-state index in [9.17, 15) is 13.0 Å². The summed E-state index contributed by atoms with van der Waals surface area (Å²) in [6.45, 7) is 0. The first-order valence-corrected chi connectivity index (χ1v) is 7.64. The molecule has 3 nitrogen and oxygen atoms in total. The molecule has 1 atom stereocenters. The Labute approximate surface area is 115 Å². The highest BCUT2D eigenvalue weighted by Gasteiger charge is 2.17. The summed E-state index contributed by atoms with van der Waals surface area (Å²) < 4.78 is 32.4. The smallest absolute Gasteiger partial charge is 0.0952 e. The summed E-state index contributed by atoms with van der Waals surface area (Å²) in [6.07, 6.45) is 0.365. The molecular weight excluding hydrogens is 307 g/mol. The van der Waals surface area contributed by atoms with Crippen molar-refractivity contribution in [1.29, 1.82) is 0 Å². The number of alkyl halides is 1. The molecule has 0 bridgehead atoms. The molecule has 0 spiro atoms. The van der Waals surface area contributed by atoms with Gasteiger partial charge in [-0.2, -0.15) is 0 Å². The molecule has 0 amide bonds. The Morgan fingerprint density at radius 2 is 1.94 bits per heavy atom. The summed E-state index contributed by atoms with van der Waals surface area (Å²) >= 11 is 17.3. The number of rotatable bonds is 5. The Hall–Kier alpha value is -0.000000000000000111. The van der Waals surface area contributed by atoms with Crippen LogP contribution in [0.15, 0.2) is 18.2 Å². The van der Waals surface area contributed by atoms with Crippen LogP contribution in [0.4, 0.5) is 0 Å². The van der Waals surface area contributed by atoms with Crippen LogP contribution in [0, 0.1) is 0 Å². The first-order chi connectivity index (χ1) is 7.83. The monoisotopic (exact) mass is 315 g/mol. The minimum atomic E-state index is -4.32. The maximum atomic E-state index is 10.8. The molecule has 1 aromatic carbocycles. The quantitative estimate of drug-likeness (QED) is 0.619. The first kappa shape index (κ1) is 15.1. The lowest BCUT2D eigenvalue weighted by molar-refractivity contribution is 0.456. The third-order valence-corrected chi connectivity index (χ3v) is 3.86. The normalized spacial score (nSPS) is 13.6. The zero-order valence-corrected chi connectivity index (χ0v) is 11.8. The van der Waals surface area contributed by atoms with Crippen LogP contribution in [0.2, 0.25) is 10.0 Å². The van der Waals surface area contributed by atoms with Gasteiger partial charge in [-0.25, -0.2) is 8.42 Å². The average Bonchev–Trinajstić information content (AvgIpc) is 2.14. The van der Waals surface area contributed by atoms with E-state index in [4.69, 9.17) is 34.8 Å². The minimum absolute atomic E-state index is 0.249. The van der Waals surface area contributed by atoms with E-state index in [1.54, 1.807) is 12.1 Å². The Kier molecular flexibility index (Phi) is 5.54. The van der Waals surface area contributed by atoms with Gasteiger partial charge in [0.1, 0.15) is 0 Å². The highest BCUT2D eigenvalue weighted by molar-refractivity contribution is 7.85. The lowest BCUT2D eigenvalue weighted by atomic mass is 9.98. The van der Waals surface area contributed by atoms with E-state index in [1.807, 2.05) is 0 Å². The van der Waals surface area contributed by atoms with Crippen LogP contribution in [-0.4, -0.2) is 24.6 Å². The third-order valence-electron chi connectivity index (χ3n) is 2.27. The van der Waals surface area contributed by atoms with Gasteiger partial charge >= 0.3 is 0 Å². The molecule has 0 aliphatic rings. The third kappa shape index (κ3) is 5.02. The molecule has 0 saturated heterocycles. The highest BCUT2D eigenvalue weighted by atomic mass is 35.5. The topological polar surface area (TPSA) is 57.2 Å². The molecule has 0 fully saturated rings. The zero-order chi connectivity index (χ0) is 13.1. The van der Waals surface area contributed by atoms with Crippen molar-refractivity contribution in [2.24, 2.45) is 0 Å². The molecule has 1 rings (SSSR count). The maximum absolute atomic E-state index is 10.8. The SMILES string of the molecule is O=S(=O)([O-])CC(CCCl)c1ccc(Cl)cc1Cl. The fourth-order valence-electron chi connectivity index (χ4n) is 1.54. The van der Waals surface area contributed by atoms with Crippen molar-refractivity contribution >= 4 is 44.9 Å². The van der Waals surface area contributed by atoms with Crippen molar-refractivity contribution in [3.63, 3.8) is 0 Å². The second kappa shape index (κ2) is 6.25. The van der Waals surface area contributed by atoms with Gasteiger partial charge in [-0.05, 0) is 30.0 Å². The number of benzene rings is 1. The molecule has 17 heavy (non-hydrogen) atoms. The molecule has 0 aliphatic carbocycles. The van der Waals surface area contributed by atoms with Crippen LogP contribution in [0.3, 0.4) is 0 Å². The lowest BCUT2D eigenvalue weighted by Crippen LogP contribution is -2.15. The maximum Gasteiger partial charge on any atom is 0.0952 e. The van der Waals surface area contributed by atoms with E-state index >= 15 is 0 Å². The van der Waals surface area contributed by atoms with Crippen LogP contribution in [-0.2, 0) is 10.1 Å². The van der Waals surface area contributed by atoms with Crippen LogP contribution < -0.4 is 0 Å². The molecule has 1 aromatic rings. The van der Waals surface area contributed by atoms with Gasteiger partial charge in [0.05, 0.1) is 10.1 Å². The fourth-order valence-corrected chi connectivity index (χ4v) is 3.20. The molecule has 1 unspecified atom stereocenters. The van der Waals surface area contributed by atoms with Crippen LogP contribution >= 0.6 is 34.8 Å². The van der Waals surface area contributed by atoms with Gasteiger partial charge in [0.2, 0.25) is 0 Å². The zero-order valence-electron chi connectivity index (χ0n) is 8.70. The molecule has 0 radical (unpaired) electrons. The molecule has 0 aromatic heterocycles. The molecule has 0 saturated carbocycles. The van der Waals surface area contributed by atoms with Crippen molar-refractivity contribution < 1.29 is 13.0 Å². The summed E-state index contributed by atoms with van der Waals surface area (Å²) in [4.78, 5) is 0. The van der Waals surface area contributed by atoms with Gasteiger partial charge < -0.3 is 4.55 Å². The highest BCUT2D eigenvalue weighted by Crippen LogP contribution is 2.30. The van der Waals surface area contributed by atoms with Crippen LogP contribution in [0.1, 0.15) is 17.9 Å². The van der Waals surface area contributed by atoms with Gasteiger partial charge in [-0.15, -0.1) is 11.6 Å².